The second kappa shape index (κ2) is 6.84. The number of hydrogen-bond donors (Lipinski definition) is 0. The van der Waals surface area contributed by atoms with Crippen molar-refractivity contribution >= 4 is 16.7 Å². The number of hydrogen-bond acceptors (Lipinski definition) is 6. The van der Waals surface area contributed by atoms with Crippen molar-refractivity contribution in [1.82, 2.24) is 20.1 Å². The normalized spacial score (nSPS) is 17.8. The molecule has 0 unspecified atom stereocenters. The van der Waals surface area contributed by atoms with Crippen LogP contribution in [0.2, 0.25) is 0 Å². The van der Waals surface area contributed by atoms with Gasteiger partial charge in [0.2, 0.25) is 11.8 Å². The second-order valence-electron chi connectivity index (χ2n) is 6.65. The fourth-order valence-corrected chi connectivity index (χ4v) is 3.05. The smallest absolute Gasteiger partial charge is 0.256 e. The topological polar surface area (TPSA) is 81.4 Å². The van der Waals surface area contributed by atoms with E-state index in [2.05, 4.69) is 15.2 Å². The summed E-state index contributed by atoms with van der Waals surface area (Å²) in [4.78, 5) is 19.0. The highest BCUT2D eigenvalue weighted by molar-refractivity contribution is 6.06. The Balaban J connectivity index is 1.58. The van der Waals surface area contributed by atoms with Crippen LogP contribution in [0.3, 0.4) is 0 Å². The van der Waals surface area contributed by atoms with Crippen LogP contribution in [-0.2, 0) is 4.74 Å². The summed E-state index contributed by atoms with van der Waals surface area (Å²) in [5.74, 6) is 1.08. The number of ether oxygens (including phenoxy) is 1. The predicted octanol–water partition coefficient (Wildman–Crippen LogP) is 2.95. The van der Waals surface area contributed by atoms with E-state index in [1.807, 2.05) is 38.1 Å². The van der Waals surface area contributed by atoms with Gasteiger partial charge in [-0.15, -0.1) is 10.2 Å². The zero-order chi connectivity index (χ0) is 18.1. The van der Waals surface area contributed by atoms with Gasteiger partial charge in [0.15, 0.2) is 6.10 Å². The molecule has 4 rings (SSSR count). The van der Waals surface area contributed by atoms with Crippen molar-refractivity contribution in [3.8, 4) is 0 Å². The van der Waals surface area contributed by atoms with Gasteiger partial charge in [-0.3, -0.25) is 9.78 Å². The molecular formula is C19H20N4O3. The number of pyridine rings is 1. The molecular weight excluding hydrogens is 332 g/mol. The summed E-state index contributed by atoms with van der Waals surface area (Å²) >= 11 is 0. The summed E-state index contributed by atoms with van der Waals surface area (Å²) < 4.78 is 11.4. The Kier molecular flexibility index (Phi) is 4.38. The van der Waals surface area contributed by atoms with Crippen LogP contribution in [-0.4, -0.2) is 45.7 Å². The molecule has 1 saturated heterocycles. The number of benzene rings is 1. The number of fused-ring (bicyclic) bond motifs is 1. The van der Waals surface area contributed by atoms with Gasteiger partial charge in [0.05, 0.1) is 18.7 Å². The third kappa shape index (κ3) is 3.06. The van der Waals surface area contributed by atoms with Crippen molar-refractivity contribution < 1.29 is 13.9 Å². The summed E-state index contributed by atoms with van der Waals surface area (Å²) in [5, 5.41) is 9.98. The molecule has 0 spiro atoms. The van der Waals surface area contributed by atoms with Gasteiger partial charge >= 0.3 is 0 Å². The first-order chi connectivity index (χ1) is 12.6. The van der Waals surface area contributed by atoms with Gasteiger partial charge in [-0.2, -0.15) is 0 Å². The SMILES string of the molecule is CC(C)c1nnc([C@H]2CN(C(=O)c3cncc4ccccc34)CCO2)o1. The fraction of sp³-hybridized carbons (Fsp3) is 0.368. The number of rotatable bonds is 3. The highest BCUT2D eigenvalue weighted by Gasteiger charge is 2.30. The first-order valence-electron chi connectivity index (χ1n) is 8.70. The highest BCUT2D eigenvalue weighted by atomic mass is 16.5. The Bertz CT molecular complexity index is 932. The van der Waals surface area contributed by atoms with E-state index < -0.39 is 6.10 Å². The number of amides is 1. The largest absolute Gasteiger partial charge is 0.422 e. The van der Waals surface area contributed by atoms with E-state index in [1.165, 1.54) is 0 Å². The molecule has 134 valence electrons. The molecule has 7 nitrogen and oxygen atoms in total. The van der Waals surface area contributed by atoms with Crippen LogP contribution < -0.4 is 0 Å². The van der Waals surface area contributed by atoms with Crippen molar-refractivity contribution in [2.24, 2.45) is 0 Å². The third-order valence-electron chi connectivity index (χ3n) is 4.48. The van der Waals surface area contributed by atoms with Gasteiger partial charge in [0.1, 0.15) is 0 Å². The molecule has 1 fully saturated rings. The first kappa shape index (κ1) is 16.7. The van der Waals surface area contributed by atoms with Crippen molar-refractivity contribution in [3.05, 3.63) is 54.0 Å². The molecule has 7 heteroatoms. The van der Waals surface area contributed by atoms with Gasteiger partial charge < -0.3 is 14.1 Å². The maximum atomic E-state index is 13.1. The van der Waals surface area contributed by atoms with Crippen molar-refractivity contribution in [2.45, 2.75) is 25.9 Å². The summed E-state index contributed by atoms with van der Waals surface area (Å²) in [6.45, 7) is 5.30. The minimum absolute atomic E-state index is 0.0637. The van der Waals surface area contributed by atoms with Crippen LogP contribution in [0.5, 0.6) is 0 Å². The number of aromatic nitrogens is 3. The number of carbonyl (C=O) groups is 1. The minimum Gasteiger partial charge on any atom is -0.422 e. The van der Waals surface area contributed by atoms with Crippen molar-refractivity contribution in [2.75, 3.05) is 19.7 Å². The molecule has 1 aliphatic heterocycles. The van der Waals surface area contributed by atoms with Crippen molar-refractivity contribution in [1.29, 1.82) is 0 Å². The first-order valence-corrected chi connectivity index (χ1v) is 8.70. The second-order valence-corrected chi connectivity index (χ2v) is 6.65. The standard InChI is InChI=1S/C19H20N4O3/c1-12(2)17-21-22-18(26-17)16-11-23(7-8-25-16)19(24)15-10-20-9-13-5-3-4-6-14(13)15/h3-6,9-10,12,16H,7-8,11H2,1-2H3/t16-/m1/s1. The summed E-state index contributed by atoms with van der Waals surface area (Å²) in [5.41, 5.74) is 0.595. The predicted molar refractivity (Wildman–Crippen MR) is 94.7 cm³/mol. The summed E-state index contributed by atoms with van der Waals surface area (Å²) in [6.07, 6.45) is 2.98. The fourth-order valence-electron chi connectivity index (χ4n) is 3.05. The number of carbonyl (C=O) groups excluding carboxylic acids is 1. The van der Waals surface area contributed by atoms with Gasteiger partial charge in [0, 0.05) is 30.2 Å². The molecule has 26 heavy (non-hydrogen) atoms. The van der Waals surface area contributed by atoms with Gasteiger partial charge in [-0.25, -0.2) is 0 Å². The van der Waals surface area contributed by atoms with Crippen LogP contribution in [0, 0.1) is 0 Å². The molecule has 0 N–H and O–H groups in total. The Morgan fingerprint density at radius 2 is 2.08 bits per heavy atom. The molecule has 1 aliphatic rings. The van der Waals surface area contributed by atoms with E-state index in [0.29, 0.717) is 37.0 Å². The lowest BCUT2D eigenvalue weighted by molar-refractivity contribution is -0.0350. The zero-order valence-corrected chi connectivity index (χ0v) is 14.8. The number of morpholine rings is 1. The molecule has 3 aromatic rings. The molecule has 1 amide bonds. The summed E-state index contributed by atoms with van der Waals surface area (Å²) in [6, 6.07) is 7.75. The Morgan fingerprint density at radius 3 is 2.88 bits per heavy atom. The quantitative estimate of drug-likeness (QED) is 0.721. The lowest BCUT2D eigenvalue weighted by Gasteiger charge is -2.31. The molecule has 0 bridgehead atoms. The molecule has 1 aromatic carbocycles. The van der Waals surface area contributed by atoms with Gasteiger partial charge in [-0.1, -0.05) is 38.1 Å². The molecule has 0 aliphatic carbocycles. The average molecular weight is 352 g/mol. The Hall–Kier alpha value is -2.80. The monoisotopic (exact) mass is 352 g/mol. The molecule has 0 saturated carbocycles. The van der Waals surface area contributed by atoms with E-state index in [1.54, 1.807) is 17.3 Å². The van der Waals surface area contributed by atoms with Gasteiger partial charge in [0.25, 0.3) is 5.91 Å². The third-order valence-corrected chi connectivity index (χ3v) is 4.48. The van der Waals surface area contributed by atoms with E-state index in [9.17, 15) is 4.79 Å². The lowest BCUT2D eigenvalue weighted by atomic mass is 10.1. The maximum absolute atomic E-state index is 13.1. The Morgan fingerprint density at radius 1 is 1.23 bits per heavy atom. The number of nitrogens with zero attached hydrogens (tertiary/aromatic N) is 4. The zero-order valence-electron chi connectivity index (χ0n) is 14.8. The molecule has 2 aromatic heterocycles. The van der Waals surface area contributed by atoms with Crippen LogP contribution in [0.4, 0.5) is 0 Å². The van der Waals surface area contributed by atoms with Crippen LogP contribution in [0.25, 0.3) is 10.8 Å². The Labute approximate surface area is 151 Å². The van der Waals surface area contributed by atoms with E-state index in [4.69, 9.17) is 9.15 Å². The van der Waals surface area contributed by atoms with E-state index >= 15 is 0 Å². The van der Waals surface area contributed by atoms with Crippen molar-refractivity contribution in [3.63, 3.8) is 0 Å². The highest BCUT2D eigenvalue weighted by Crippen LogP contribution is 2.25. The molecule has 1 atom stereocenters. The van der Waals surface area contributed by atoms with Crippen LogP contribution in [0.1, 0.15) is 48.0 Å². The molecule has 0 radical (unpaired) electrons. The average Bonchev–Trinajstić information content (AvgIpc) is 3.18. The van der Waals surface area contributed by atoms with Gasteiger partial charge in [-0.05, 0) is 5.39 Å². The van der Waals surface area contributed by atoms with Crippen LogP contribution in [0.15, 0.2) is 41.1 Å². The van der Waals surface area contributed by atoms with E-state index in [0.717, 1.165) is 10.8 Å². The maximum Gasteiger partial charge on any atom is 0.256 e. The minimum atomic E-state index is -0.407. The van der Waals surface area contributed by atoms with E-state index in [-0.39, 0.29) is 11.8 Å². The van der Waals surface area contributed by atoms with Crippen LogP contribution >= 0.6 is 0 Å². The molecule has 3 heterocycles. The summed E-state index contributed by atoms with van der Waals surface area (Å²) in [7, 11) is 0. The lowest BCUT2D eigenvalue weighted by Crippen LogP contribution is -2.42.